The zero-order chi connectivity index (χ0) is 14.5. The first-order valence-electron chi connectivity index (χ1n) is 6.99. The smallest absolute Gasteiger partial charge is 0.244 e. The number of hydrogen-bond acceptors (Lipinski definition) is 3. The van der Waals surface area contributed by atoms with Crippen LogP contribution in [0.2, 0.25) is 0 Å². The fraction of sp³-hybridized carbons (Fsp3) is 0.533. The van der Waals surface area contributed by atoms with Crippen molar-refractivity contribution in [1.82, 2.24) is 4.90 Å². The number of para-hydroxylation sites is 1. The first-order valence-corrected chi connectivity index (χ1v) is 7.78. The van der Waals surface area contributed by atoms with Crippen molar-refractivity contribution in [2.24, 2.45) is 0 Å². The zero-order valence-corrected chi connectivity index (χ0v) is 13.6. The Kier molecular flexibility index (Phi) is 5.57. The van der Waals surface area contributed by atoms with Crippen molar-refractivity contribution < 1.29 is 9.53 Å². The SMILES string of the molecule is CCC(C(=O)N(C)c1ccccc1Br)N1CCOCC1. The lowest BCUT2D eigenvalue weighted by atomic mass is 10.1. The largest absolute Gasteiger partial charge is 0.379 e. The molecule has 1 saturated heterocycles. The van der Waals surface area contributed by atoms with Crippen molar-refractivity contribution in [2.45, 2.75) is 19.4 Å². The third kappa shape index (κ3) is 3.40. The van der Waals surface area contributed by atoms with Gasteiger partial charge in [0.1, 0.15) is 0 Å². The van der Waals surface area contributed by atoms with Gasteiger partial charge in [0.15, 0.2) is 0 Å². The second-order valence-corrected chi connectivity index (χ2v) is 5.78. The first kappa shape index (κ1) is 15.5. The van der Waals surface area contributed by atoms with Gasteiger partial charge in [0.05, 0.1) is 24.9 Å². The van der Waals surface area contributed by atoms with Gasteiger partial charge in [-0.25, -0.2) is 0 Å². The van der Waals surface area contributed by atoms with E-state index in [0.717, 1.165) is 29.7 Å². The number of carbonyl (C=O) groups excluding carboxylic acids is 1. The second-order valence-electron chi connectivity index (χ2n) is 4.92. The summed E-state index contributed by atoms with van der Waals surface area (Å²) < 4.78 is 6.30. The van der Waals surface area contributed by atoms with Crippen LogP contribution in [-0.4, -0.2) is 50.2 Å². The average Bonchev–Trinajstić information content (AvgIpc) is 2.49. The van der Waals surface area contributed by atoms with Gasteiger partial charge in [-0.1, -0.05) is 19.1 Å². The molecule has 1 amide bonds. The van der Waals surface area contributed by atoms with Crippen LogP contribution in [0.5, 0.6) is 0 Å². The Morgan fingerprint density at radius 2 is 2.05 bits per heavy atom. The van der Waals surface area contributed by atoms with E-state index in [9.17, 15) is 4.79 Å². The van der Waals surface area contributed by atoms with Crippen molar-refractivity contribution in [3.8, 4) is 0 Å². The third-order valence-electron chi connectivity index (χ3n) is 3.70. The number of likely N-dealkylation sites (N-methyl/N-ethyl adjacent to an activating group) is 1. The van der Waals surface area contributed by atoms with Gasteiger partial charge in [0.25, 0.3) is 0 Å². The van der Waals surface area contributed by atoms with Crippen LogP contribution in [0.4, 0.5) is 5.69 Å². The number of rotatable bonds is 4. The lowest BCUT2D eigenvalue weighted by Gasteiger charge is -2.35. The highest BCUT2D eigenvalue weighted by Gasteiger charge is 2.29. The lowest BCUT2D eigenvalue weighted by molar-refractivity contribution is -0.125. The van der Waals surface area contributed by atoms with E-state index in [1.165, 1.54) is 0 Å². The minimum absolute atomic E-state index is 0.0731. The van der Waals surface area contributed by atoms with Crippen molar-refractivity contribution in [3.05, 3.63) is 28.7 Å². The Morgan fingerprint density at radius 1 is 1.40 bits per heavy atom. The van der Waals surface area contributed by atoms with Gasteiger partial charge in [-0.15, -0.1) is 0 Å². The summed E-state index contributed by atoms with van der Waals surface area (Å²) in [6.07, 6.45) is 0.813. The highest BCUT2D eigenvalue weighted by Crippen LogP contribution is 2.26. The predicted octanol–water partition coefficient (Wildman–Crippen LogP) is 2.52. The van der Waals surface area contributed by atoms with Crippen molar-refractivity contribution in [1.29, 1.82) is 0 Å². The van der Waals surface area contributed by atoms with Crippen LogP contribution in [0.25, 0.3) is 0 Å². The zero-order valence-electron chi connectivity index (χ0n) is 12.0. The maximum atomic E-state index is 12.7. The van der Waals surface area contributed by atoms with Crippen molar-refractivity contribution in [2.75, 3.05) is 38.3 Å². The highest BCUT2D eigenvalue weighted by atomic mass is 79.9. The van der Waals surface area contributed by atoms with Crippen LogP contribution < -0.4 is 4.90 Å². The molecule has 0 aliphatic carbocycles. The van der Waals surface area contributed by atoms with Gasteiger partial charge in [-0.3, -0.25) is 9.69 Å². The maximum Gasteiger partial charge on any atom is 0.244 e. The van der Waals surface area contributed by atoms with Gasteiger partial charge in [-0.2, -0.15) is 0 Å². The lowest BCUT2D eigenvalue weighted by Crippen LogP contribution is -2.51. The number of benzene rings is 1. The van der Waals surface area contributed by atoms with Crippen molar-refractivity contribution in [3.63, 3.8) is 0 Å². The molecule has 1 aliphatic heterocycles. The Morgan fingerprint density at radius 3 is 2.65 bits per heavy atom. The molecule has 1 atom stereocenters. The molecule has 1 aromatic carbocycles. The van der Waals surface area contributed by atoms with Gasteiger partial charge in [0.2, 0.25) is 5.91 Å². The minimum Gasteiger partial charge on any atom is -0.379 e. The van der Waals surface area contributed by atoms with E-state index in [2.05, 4.69) is 27.8 Å². The number of halogens is 1. The number of hydrogen-bond donors (Lipinski definition) is 0. The summed E-state index contributed by atoms with van der Waals surface area (Å²) in [5, 5.41) is 0. The molecule has 4 nitrogen and oxygen atoms in total. The monoisotopic (exact) mass is 340 g/mol. The number of amides is 1. The normalized spacial score (nSPS) is 17.8. The van der Waals surface area contributed by atoms with Gasteiger partial charge in [-0.05, 0) is 34.5 Å². The minimum atomic E-state index is -0.0731. The van der Waals surface area contributed by atoms with E-state index in [0.29, 0.717) is 13.2 Å². The van der Waals surface area contributed by atoms with E-state index in [4.69, 9.17) is 4.74 Å². The van der Waals surface area contributed by atoms with E-state index >= 15 is 0 Å². The molecule has 1 aliphatic rings. The standard InChI is InChI=1S/C15H21BrN2O2/c1-3-13(18-8-10-20-11-9-18)15(19)17(2)14-7-5-4-6-12(14)16/h4-7,13H,3,8-11H2,1-2H3. The fourth-order valence-corrected chi connectivity index (χ4v) is 3.09. The third-order valence-corrected chi connectivity index (χ3v) is 4.37. The maximum absolute atomic E-state index is 12.7. The van der Waals surface area contributed by atoms with E-state index in [-0.39, 0.29) is 11.9 Å². The predicted molar refractivity (Wildman–Crippen MR) is 84.0 cm³/mol. The molecule has 0 spiro atoms. The number of ether oxygens (including phenoxy) is 1. The van der Waals surface area contributed by atoms with Gasteiger partial charge >= 0.3 is 0 Å². The van der Waals surface area contributed by atoms with Gasteiger partial charge in [0, 0.05) is 24.6 Å². The Balaban J connectivity index is 2.13. The topological polar surface area (TPSA) is 32.8 Å². The quantitative estimate of drug-likeness (QED) is 0.844. The summed E-state index contributed by atoms with van der Waals surface area (Å²) in [5.41, 5.74) is 0.907. The molecule has 5 heteroatoms. The molecule has 0 saturated carbocycles. The summed E-state index contributed by atoms with van der Waals surface area (Å²) in [5.74, 6) is 0.140. The summed E-state index contributed by atoms with van der Waals surface area (Å²) in [4.78, 5) is 16.7. The van der Waals surface area contributed by atoms with Crippen LogP contribution in [-0.2, 0) is 9.53 Å². The van der Waals surface area contributed by atoms with Gasteiger partial charge < -0.3 is 9.64 Å². The molecule has 110 valence electrons. The van der Waals surface area contributed by atoms with E-state index < -0.39 is 0 Å². The second kappa shape index (κ2) is 7.20. The molecule has 1 heterocycles. The summed E-state index contributed by atoms with van der Waals surface area (Å²) >= 11 is 3.50. The Bertz CT molecular complexity index is 461. The molecule has 0 N–H and O–H groups in total. The van der Waals surface area contributed by atoms with Crippen LogP contribution in [0, 0.1) is 0 Å². The molecule has 0 bridgehead atoms. The number of nitrogens with zero attached hydrogens (tertiary/aromatic N) is 2. The summed E-state index contributed by atoms with van der Waals surface area (Å²) in [6.45, 7) is 5.14. The molecule has 0 radical (unpaired) electrons. The number of anilines is 1. The van der Waals surface area contributed by atoms with E-state index in [1.807, 2.05) is 31.3 Å². The summed E-state index contributed by atoms with van der Waals surface area (Å²) in [6, 6.07) is 7.73. The molecular formula is C15H21BrN2O2. The first-order chi connectivity index (χ1) is 9.65. The Hall–Kier alpha value is -0.910. The molecule has 20 heavy (non-hydrogen) atoms. The summed E-state index contributed by atoms with van der Waals surface area (Å²) in [7, 11) is 1.84. The molecule has 0 aromatic heterocycles. The fourth-order valence-electron chi connectivity index (χ4n) is 2.54. The number of morpholine rings is 1. The van der Waals surface area contributed by atoms with E-state index in [1.54, 1.807) is 4.90 Å². The molecule has 2 rings (SSSR count). The van der Waals surface area contributed by atoms with Crippen LogP contribution >= 0.6 is 15.9 Å². The average molecular weight is 341 g/mol. The molecule has 1 aromatic rings. The van der Waals surface area contributed by atoms with Crippen molar-refractivity contribution >= 4 is 27.5 Å². The Labute approximate surface area is 128 Å². The van der Waals surface area contributed by atoms with Crippen LogP contribution in [0.15, 0.2) is 28.7 Å². The van der Waals surface area contributed by atoms with Crippen LogP contribution in [0.1, 0.15) is 13.3 Å². The molecule has 1 unspecified atom stereocenters. The van der Waals surface area contributed by atoms with Crippen LogP contribution in [0.3, 0.4) is 0 Å². The number of carbonyl (C=O) groups is 1. The molecule has 1 fully saturated rings. The highest BCUT2D eigenvalue weighted by molar-refractivity contribution is 9.10. The molecular weight excluding hydrogens is 320 g/mol.